The van der Waals surface area contributed by atoms with E-state index in [2.05, 4.69) is 21.9 Å². The maximum Gasteiger partial charge on any atom is 0.218 e. The van der Waals surface area contributed by atoms with Gasteiger partial charge in [0.2, 0.25) is 5.88 Å². The summed E-state index contributed by atoms with van der Waals surface area (Å²) in [6, 6.07) is 1.80. The predicted molar refractivity (Wildman–Crippen MR) is 67.2 cm³/mol. The molecule has 17 heavy (non-hydrogen) atoms. The molecule has 92 valence electrons. The Morgan fingerprint density at radius 1 is 1.53 bits per heavy atom. The third-order valence-corrected chi connectivity index (χ3v) is 2.46. The molecule has 0 spiro atoms. The maximum atomic E-state index is 5.45. The van der Waals surface area contributed by atoms with Crippen LogP contribution in [0.15, 0.2) is 18.7 Å². The minimum atomic E-state index is 0.474. The Kier molecular flexibility index (Phi) is 3.93. The molecule has 1 aliphatic carbocycles. The fraction of sp³-hybridized carbons (Fsp3) is 0.500. The highest BCUT2D eigenvalue weighted by molar-refractivity contribution is 5.39. The van der Waals surface area contributed by atoms with Gasteiger partial charge in [-0.3, -0.25) is 0 Å². The molecule has 0 bridgehead atoms. The lowest BCUT2D eigenvalue weighted by atomic mass is 10.4. The topological polar surface area (TPSA) is 73.1 Å². The molecule has 1 aliphatic rings. The lowest BCUT2D eigenvalue weighted by molar-refractivity contribution is 0.314. The fourth-order valence-corrected chi connectivity index (χ4v) is 1.47. The molecule has 2 rings (SSSR count). The molecular weight excluding hydrogens is 216 g/mol. The van der Waals surface area contributed by atoms with Crippen LogP contribution in [0.4, 0.5) is 5.82 Å². The average Bonchev–Trinajstić information content (AvgIpc) is 3.18. The molecular formula is C12H18N4O. The summed E-state index contributed by atoms with van der Waals surface area (Å²) in [6.07, 6.45) is 4.13. The van der Waals surface area contributed by atoms with E-state index in [1.54, 1.807) is 12.1 Å². The number of rotatable bonds is 7. The lowest BCUT2D eigenvalue weighted by Gasteiger charge is -2.09. The zero-order valence-corrected chi connectivity index (χ0v) is 9.85. The number of ether oxygens (including phenoxy) is 1. The standard InChI is InChI=1S/C12H18N4O/c1-2-6-14-10-8-11(17-7-5-13)16-12(15-10)9-3-4-9/h2,8-9H,1,3-7,13H2,(H,14,15,16). The predicted octanol–water partition coefficient (Wildman–Crippen LogP) is 1.29. The first kappa shape index (κ1) is 11.9. The molecule has 1 saturated carbocycles. The minimum absolute atomic E-state index is 0.474. The number of nitrogens with two attached hydrogens (primary N) is 1. The molecule has 0 aliphatic heterocycles. The van der Waals surface area contributed by atoms with Gasteiger partial charge in [0, 0.05) is 25.1 Å². The van der Waals surface area contributed by atoms with E-state index in [9.17, 15) is 0 Å². The number of anilines is 1. The molecule has 0 atom stereocenters. The van der Waals surface area contributed by atoms with Gasteiger partial charge < -0.3 is 15.8 Å². The number of nitrogens with one attached hydrogen (secondary N) is 1. The summed E-state index contributed by atoms with van der Waals surface area (Å²) in [5.41, 5.74) is 5.41. The van der Waals surface area contributed by atoms with Crippen LogP contribution in [0.3, 0.4) is 0 Å². The van der Waals surface area contributed by atoms with Crippen LogP contribution in [0.5, 0.6) is 5.88 Å². The zero-order valence-electron chi connectivity index (χ0n) is 9.85. The fourth-order valence-electron chi connectivity index (χ4n) is 1.47. The molecule has 5 heteroatoms. The summed E-state index contributed by atoms with van der Waals surface area (Å²) in [6.45, 7) is 5.30. The number of nitrogens with zero attached hydrogens (tertiary/aromatic N) is 2. The lowest BCUT2D eigenvalue weighted by Crippen LogP contribution is -2.12. The first-order valence-electron chi connectivity index (χ1n) is 5.90. The first-order valence-corrected chi connectivity index (χ1v) is 5.90. The van der Waals surface area contributed by atoms with Crippen molar-refractivity contribution in [3.05, 3.63) is 24.5 Å². The van der Waals surface area contributed by atoms with Crippen molar-refractivity contribution >= 4 is 5.82 Å². The van der Waals surface area contributed by atoms with Crippen LogP contribution in [0.2, 0.25) is 0 Å². The van der Waals surface area contributed by atoms with E-state index in [1.807, 2.05) is 0 Å². The molecule has 0 amide bonds. The summed E-state index contributed by atoms with van der Waals surface area (Å²) in [7, 11) is 0. The maximum absolute atomic E-state index is 5.45. The van der Waals surface area contributed by atoms with Gasteiger partial charge in [-0.1, -0.05) is 6.08 Å². The van der Waals surface area contributed by atoms with E-state index in [0.717, 1.165) is 11.6 Å². The van der Waals surface area contributed by atoms with Crippen LogP contribution in [0, 0.1) is 0 Å². The summed E-state index contributed by atoms with van der Waals surface area (Å²) in [4.78, 5) is 8.85. The molecule has 1 heterocycles. The normalized spacial score (nSPS) is 14.4. The average molecular weight is 234 g/mol. The van der Waals surface area contributed by atoms with Crippen LogP contribution in [0.25, 0.3) is 0 Å². The second-order valence-electron chi connectivity index (χ2n) is 4.03. The second-order valence-corrected chi connectivity index (χ2v) is 4.03. The highest BCUT2D eigenvalue weighted by atomic mass is 16.5. The van der Waals surface area contributed by atoms with E-state index < -0.39 is 0 Å². The van der Waals surface area contributed by atoms with Gasteiger partial charge in [0.1, 0.15) is 18.2 Å². The van der Waals surface area contributed by atoms with Crippen LogP contribution in [0.1, 0.15) is 24.6 Å². The molecule has 0 unspecified atom stereocenters. The Morgan fingerprint density at radius 3 is 3.00 bits per heavy atom. The molecule has 1 aromatic heterocycles. The van der Waals surface area contributed by atoms with Gasteiger partial charge in [-0.25, -0.2) is 4.98 Å². The second kappa shape index (κ2) is 5.63. The van der Waals surface area contributed by atoms with Crippen LogP contribution in [-0.4, -0.2) is 29.7 Å². The van der Waals surface area contributed by atoms with E-state index in [1.165, 1.54) is 12.8 Å². The number of hydrogen-bond acceptors (Lipinski definition) is 5. The minimum Gasteiger partial charge on any atom is -0.476 e. The first-order chi connectivity index (χ1) is 8.33. The van der Waals surface area contributed by atoms with Crippen molar-refractivity contribution in [3.63, 3.8) is 0 Å². The Bertz CT molecular complexity index is 390. The van der Waals surface area contributed by atoms with Gasteiger partial charge in [0.05, 0.1) is 0 Å². The highest BCUT2D eigenvalue weighted by Crippen LogP contribution is 2.39. The quantitative estimate of drug-likeness (QED) is 0.695. The Hall–Kier alpha value is -1.62. The van der Waals surface area contributed by atoms with Gasteiger partial charge in [0.15, 0.2) is 0 Å². The van der Waals surface area contributed by atoms with E-state index in [4.69, 9.17) is 10.5 Å². The van der Waals surface area contributed by atoms with Gasteiger partial charge in [-0.15, -0.1) is 6.58 Å². The Morgan fingerprint density at radius 2 is 2.35 bits per heavy atom. The SMILES string of the molecule is C=CCNc1cc(OCCN)nc(C2CC2)n1. The summed E-state index contributed by atoms with van der Waals surface area (Å²) >= 11 is 0. The highest BCUT2D eigenvalue weighted by Gasteiger charge is 2.27. The van der Waals surface area contributed by atoms with Gasteiger partial charge in [-0.05, 0) is 12.8 Å². The van der Waals surface area contributed by atoms with E-state index in [0.29, 0.717) is 31.5 Å². The number of hydrogen-bond donors (Lipinski definition) is 2. The molecule has 3 N–H and O–H groups in total. The molecule has 1 aromatic rings. The van der Waals surface area contributed by atoms with Crippen molar-refractivity contribution in [2.24, 2.45) is 5.73 Å². The summed E-state index contributed by atoms with van der Waals surface area (Å²) in [5.74, 6) is 2.75. The van der Waals surface area contributed by atoms with Crippen molar-refractivity contribution < 1.29 is 4.74 Å². The third kappa shape index (κ3) is 3.42. The van der Waals surface area contributed by atoms with Crippen LogP contribution >= 0.6 is 0 Å². The van der Waals surface area contributed by atoms with Crippen molar-refractivity contribution in [1.29, 1.82) is 0 Å². The zero-order chi connectivity index (χ0) is 12.1. The Labute approximate surface area is 101 Å². The van der Waals surface area contributed by atoms with E-state index in [-0.39, 0.29) is 0 Å². The third-order valence-electron chi connectivity index (χ3n) is 2.46. The Balaban J connectivity index is 2.12. The van der Waals surface area contributed by atoms with Crippen molar-refractivity contribution in [2.45, 2.75) is 18.8 Å². The van der Waals surface area contributed by atoms with Crippen molar-refractivity contribution in [1.82, 2.24) is 9.97 Å². The molecule has 1 fully saturated rings. The monoisotopic (exact) mass is 234 g/mol. The van der Waals surface area contributed by atoms with Gasteiger partial charge in [-0.2, -0.15) is 4.98 Å². The summed E-state index contributed by atoms with van der Waals surface area (Å²) in [5, 5.41) is 3.15. The van der Waals surface area contributed by atoms with E-state index >= 15 is 0 Å². The summed E-state index contributed by atoms with van der Waals surface area (Å²) < 4.78 is 5.45. The molecule has 5 nitrogen and oxygen atoms in total. The molecule has 0 aromatic carbocycles. The number of aromatic nitrogens is 2. The van der Waals surface area contributed by atoms with Crippen molar-refractivity contribution in [3.8, 4) is 5.88 Å². The molecule has 0 radical (unpaired) electrons. The van der Waals surface area contributed by atoms with Crippen LogP contribution in [-0.2, 0) is 0 Å². The smallest absolute Gasteiger partial charge is 0.218 e. The van der Waals surface area contributed by atoms with Crippen LogP contribution < -0.4 is 15.8 Å². The van der Waals surface area contributed by atoms with Crippen molar-refractivity contribution in [2.75, 3.05) is 25.0 Å². The molecule has 0 saturated heterocycles. The van der Waals surface area contributed by atoms with Gasteiger partial charge >= 0.3 is 0 Å². The largest absolute Gasteiger partial charge is 0.476 e. The van der Waals surface area contributed by atoms with Gasteiger partial charge in [0.25, 0.3) is 0 Å².